The van der Waals surface area contributed by atoms with E-state index in [9.17, 15) is 23.1 Å². The van der Waals surface area contributed by atoms with E-state index < -0.39 is 15.8 Å². The van der Waals surface area contributed by atoms with Gasteiger partial charge in [0.25, 0.3) is 0 Å². The number of urea groups is 1. The van der Waals surface area contributed by atoms with Gasteiger partial charge in [-0.2, -0.15) is 0 Å². The van der Waals surface area contributed by atoms with Crippen molar-refractivity contribution < 1.29 is 23.1 Å². The number of nitrogens with zero attached hydrogens (tertiary/aromatic N) is 1. The fraction of sp³-hybridized carbons (Fsp3) is 0.756. The lowest BCUT2D eigenvalue weighted by molar-refractivity contribution is -0.218. The van der Waals surface area contributed by atoms with Crippen molar-refractivity contribution in [3.8, 4) is 0 Å². The van der Waals surface area contributed by atoms with E-state index in [1.165, 1.54) is 37.7 Å². The second-order valence-corrected chi connectivity index (χ2v) is 20.9. The molecule has 0 aromatic heterocycles. The predicted octanol–water partition coefficient (Wildman–Crippen LogP) is 6.21. The maximum absolute atomic E-state index is 12.9. The van der Waals surface area contributed by atoms with Gasteiger partial charge in [-0.25, -0.2) is 18.0 Å². The molecule has 4 saturated carbocycles. The van der Waals surface area contributed by atoms with Crippen LogP contribution in [0.4, 0.5) is 4.79 Å². The normalized spacial score (nSPS) is 41.2. The Balaban J connectivity index is 1.15. The topological polar surface area (TPSA) is 128 Å². The highest BCUT2D eigenvalue weighted by Gasteiger charge is 2.70. The van der Waals surface area contributed by atoms with Crippen molar-refractivity contribution in [3.05, 3.63) is 41.5 Å². The van der Waals surface area contributed by atoms with E-state index in [0.717, 1.165) is 44.3 Å². The maximum Gasteiger partial charge on any atom is 0.335 e. The molecule has 51 heavy (non-hydrogen) atoms. The lowest BCUT2D eigenvalue weighted by Gasteiger charge is -2.72. The Morgan fingerprint density at radius 2 is 1.59 bits per heavy atom. The average Bonchev–Trinajstić information content (AvgIpc) is 3.43. The van der Waals surface area contributed by atoms with Crippen LogP contribution >= 0.6 is 0 Å². The highest BCUT2D eigenvalue weighted by molar-refractivity contribution is 7.91. The zero-order valence-electron chi connectivity index (χ0n) is 31.8. The van der Waals surface area contributed by atoms with E-state index in [1.54, 1.807) is 19.2 Å². The fourth-order valence-corrected chi connectivity index (χ4v) is 14.9. The van der Waals surface area contributed by atoms with Gasteiger partial charge >= 0.3 is 12.0 Å². The maximum atomic E-state index is 12.9. The minimum Gasteiger partial charge on any atom is -0.478 e. The number of nitrogens with one attached hydrogen (secondary N) is 3. The summed E-state index contributed by atoms with van der Waals surface area (Å²) in [6.45, 7) is 15.7. The summed E-state index contributed by atoms with van der Waals surface area (Å²) in [5, 5.41) is 19.9. The first kappa shape index (κ1) is 36.9. The highest BCUT2D eigenvalue weighted by Crippen LogP contribution is 2.76. The Bertz CT molecular complexity index is 1660. The Hall–Kier alpha value is -2.43. The Labute approximate surface area is 306 Å². The monoisotopic (exact) mass is 722 g/mol. The Morgan fingerprint density at radius 1 is 0.882 bits per heavy atom. The zero-order chi connectivity index (χ0) is 36.6. The number of rotatable bonds is 7. The summed E-state index contributed by atoms with van der Waals surface area (Å²) in [5.41, 5.74) is 3.27. The van der Waals surface area contributed by atoms with E-state index >= 15 is 0 Å². The first-order valence-corrected chi connectivity index (χ1v) is 21.5. The van der Waals surface area contributed by atoms with E-state index in [4.69, 9.17) is 0 Å². The number of benzene rings is 1. The van der Waals surface area contributed by atoms with Gasteiger partial charge in [-0.3, -0.25) is 0 Å². The molecule has 282 valence electrons. The van der Waals surface area contributed by atoms with Gasteiger partial charge in [0.2, 0.25) is 0 Å². The summed E-state index contributed by atoms with van der Waals surface area (Å²) < 4.78 is 24.1. The smallest absolute Gasteiger partial charge is 0.335 e. The van der Waals surface area contributed by atoms with Gasteiger partial charge in [-0.1, -0.05) is 52.8 Å². The molecule has 0 spiro atoms. The molecule has 9 nitrogen and oxygen atoms in total. The standard InChI is InChI=1S/C41H62N4O5S/c1-37(2)29(27-7-9-28(10-8-27)35(46)47)13-16-38(3)32(37)15-17-40(5)33(38)12-11-30-34-31(44-36(48)42-6)14-18-41(34,20-19-39(30,40)4)43-21-22-45-23-25-51(49,50)26-24-45/h7-10,13,30-34,43H,11-12,14-26H2,1-6H3,(H,46,47)(H2,42,44,48)/t30-,31-,32+,33-,34+,38+,39-,40-,41+/m1/s1. The molecule has 1 saturated heterocycles. The third-order valence-corrected chi connectivity index (χ3v) is 17.9. The van der Waals surface area contributed by atoms with Crippen LogP contribution in [0.5, 0.6) is 0 Å². The molecular formula is C41H62N4O5S. The van der Waals surface area contributed by atoms with Crippen molar-refractivity contribution in [2.75, 3.05) is 44.7 Å². The van der Waals surface area contributed by atoms with Crippen LogP contribution in [-0.4, -0.2) is 86.7 Å². The predicted molar refractivity (Wildman–Crippen MR) is 202 cm³/mol. The number of carboxylic acids is 1. The minimum absolute atomic E-state index is 0.0251. The molecule has 1 heterocycles. The van der Waals surface area contributed by atoms with Crippen LogP contribution in [-0.2, 0) is 9.84 Å². The summed E-state index contributed by atoms with van der Waals surface area (Å²) in [6, 6.07) is 7.54. The SMILES string of the molecule is CNC(=O)N[C@@H]1CC[C@]2(NCCN3CCS(=O)(=O)CC3)CC[C@]3(C)[C@H](CC[C@@H]4[C@@]5(C)CC=C(c6ccc(C(=O)O)cc6)C(C)(C)[C@@H]5CC[C@]43C)[C@@H]12. The van der Waals surface area contributed by atoms with Gasteiger partial charge in [-0.05, 0) is 120 Å². The van der Waals surface area contributed by atoms with Gasteiger partial charge in [0.15, 0.2) is 9.84 Å². The van der Waals surface area contributed by atoms with Crippen LogP contribution in [0.3, 0.4) is 0 Å². The van der Waals surface area contributed by atoms with Crippen LogP contribution in [0.1, 0.15) is 108 Å². The first-order chi connectivity index (χ1) is 24.0. The molecule has 0 radical (unpaired) electrons. The number of aromatic carboxylic acids is 1. The lowest BCUT2D eigenvalue weighted by Crippen LogP contribution is -2.69. The fourth-order valence-electron chi connectivity index (χ4n) is 13.6. The van der Waals surface area contributed by atoms with Crippen LogP contribution in [0, 0.1) is 45.3 Å². The van der Waals surface area contributed by atoms with Crippen molar-refractivity contribution in [1.82, 2.24) is 20.9 Å². The van der Waals surface area contributed by atoms with Crippen molar-refractivity contribution in [1.29, 1.82) is 0 Å². The Morgan fingerprint density at radius 3 is 2.25 bits per heavy atom. The molecule has 0 unspecified atom stereocenters. The third kappa shape index (κ3) is 5.88. The second kappa shape index (κ2) is 12.9. The minimum atomic E-state index is -2.90. The van der Waals surface area contributed by atoms with E-state index in [0.29, 0.717) is 42.3 Å². The number of sulfone groups is 1. The van der Waals surface area contributed by atoms with E-state index in [-0.39, 0.29) is 50.8 Å². The number of carbonyl (C=O) groups excluding carboxylic acids is 1. The number of allylic oxidation sites excluding steroid dienone is 2. The van der Waals surface area contributed by atoms with Crippen LogP contribution < -0.4 is 16.0 Å². The summed E-state index contributed by atoms with van der Waals surface area (Å²) in [5.74, 6) is 1.61. The molecule has 5 aliphatic carbocycles. The molecule has 10 heteroatoms. The van der Waals surface area contributed by atoms with Gasteiger partial charge in [0, 0.05) is 50.7 Å². The largest absolute Gasteiger partial charge is 0.478 e. The summed E-state index contributed by atoms with van der Waals surface area (Å²) in [4.78, 5) is 26.7. The zero-order valence-corrected chi connectivity index (χ0v) is 32.6. The van der Waals surface area contributed by atoms with Crippen LogP contribution in [0.25, 0.3) is 5.57 Å². The van der Waals surface area contributed by atoms with Gasteiger partial charge in [0.1, 0.15) is 0 Å². The van der Waals surface area contributed by atoms with E-state index in [1.807, 2.05) is 12.1 Å². The highest BCUT2D eigenvalue weighted by atomic mass is 32.2. The van der Waals surface area contributed by atoms with Crippen LogP contribution in [0.2, 0.25) is 0 Å². The quantitative estimate of drug-likeness (QED) is 0.264. The molecule has 7 rings (SSSR count). The average molecular weight is 723 g/mol. The summed E-state index contributed by atoms with van der Waals surface area (Å²) in [7, 11) is -1.19. The molecule has 1 aromatic rings. The van der Waals surface area contributed by atoms with Crippen molar-refractivity contribution in [2.45, 2.75) is 104 Å². The molecule has 2 amide bonds. The molecule has 9 atom stereocenters. The van der Waals surface area contributed by atoms with Gasteiger partial charge in [0.05, 0.1) is 17.1 Å². The summed E-state index contributed by atoms with van der Waals surface area (Å²) >= 11 is 0. The number of amides is 2. The molecule has 1 aliphatic heterocycles. The number of carboxylic acid groups (broad SMARTS) is 1. The molecule has 0 bridgehead atoms. The van der Waals surface area contributed by atoms with Crippen molar-refractivity contribution in [2.24, 2.45) is 45.3 Å². The lowest BCUT2D eigenvalue weighted by atomic mass is 9.33. The molecule has 5 fully saturated rings. The molecule has 4 N–H and O–H groups in total. The third-order valence-electron chi connectivity index (χ3n) is 16.3. The first-order valence-electron chi connectivity index (χ1n) is 19.7. The van der Waals surface area contributed by atoms with Crippen molar-refractivity contribution >= 4 is 27.4 Å². The number of hydrogen-bond donors (Lipinski definition) is 4. The number of hydrogen-bond acceptors (Lipinski definition) is 6. The van der Waals surface area contributed by atoms with E-state index in [2.05, 4.69) is 61.5 Å². The molecular weight excluding hydrogens is 661 g/mol. The van der Waals surface area contributed by atoms with Gasteiger partial charge in [-0.15, -0.1) is 0 Å². The number of carbonyl (C=O) groups is 2. The number of fused-ring (bicyclic) bond motifs is 7. The molecule has 1 aromatic carbocycles. The van der Waals surface area contributed by atoms with Crippen molar-refractivity contribution in [3.63, 3.8) is 0 Å². The van der Waals surface area contributed by atoms with Crippen LogP contribution in [0.15, 0.2) is 30.3 Å². The molecule has 6 aliphatic rings. The second-order valence-electron chi connectivity index (χ2n) is 18.6. The Kier molecular flexibility index (Phi) is 9.31. The summed E-state index contributed by atoms with van der Waals surface area (Å²) in [6.07, 6.45) is 12.7. The van der Waals surface area contributed by atoms with Gasteiger partial charge < -0.3 is 26.0 Å².